The van der Waals surface area contributed by atoms with Crippen LogP contribution < -0.4 is 0 Å². The van der Waals surface area contributed by atoms with Gasteiger partial charge in [0.1, 0.15) is 5.78 Å². The van der Waals surface area contributed by atoms with E-state index in [1.54, 1.807) is 5.57 Å². The molecule has 16 heavy (non-hydrogen) atoms. The van der Waals surface area contributed by atoms with Crippen molar-refractivity contribution in [3.8, 4) is 0 Å². The summed E-state index contributed by atoms with van der Waals surface area (Å²) in [5.41, 5.74) is 1.66. The van der Waals surface area contributed by atoms with Gasteiger partial charge in [-0.25, -0.2) is 0 Å². The van der Waals surface area contributed by atoms with Crippen LogP contribution in [0.5, 0.6) is 0 Å². The molecule has 90 valence electrons. The largest absolute Gasteiger partial charge is 0.299 e. The third-order valence-electron chi connectivity index (χ3n) is 4.25. The normalized spacial score (nSPS) is 30.6. The second-order valence-corrected chi connectivity index (χ2v) is 5.69. The van der Waals surface area contributed by atoms with Crippen LogP contribution >= 0.6 is 0 Å². The Hall–Kier alpha value is -0.590. The van der Waals surface area contributed by atoms with E-state index in [0.29, 0.717) is 11.7 Å². The minimum atomic E-state index is 0.420. The predicted molar refractivity (Wildman–Crippen MR) is 67.3 cm³/mol. The van der Waals surface area contributed by atoms with Gasteiger partial charge in [-0.1, -0.05) is 18.6 Å². The van der Waals surface area contributed by atoms with Crippen molar-refractivity contribution < 1.29 is 4.79 Å². The average Bonchev–Trinajstić information content (AvgIpc) is 2.68. The molecule has 2 unspecified atom stereocenters. The Kier molecular flexibility index (Phi) is 4.20. The molecule has 0 saturated heterocycles. The molecule has 1 fully saturated rings. The fourth-order valence-electron chi connectivity index (χ4n) is 3.02. The zero-order valence-electron chi connectivity index (χ0n) is 10.5. The van der Waals surface area contributed by atoms with E-state index in [4.69, 9.17) is 0 Å². The summed E-state index contributed by atoms with van der Waals surface area (Å²) in [7, 11) is 0. The lowest BCUT2D eigenvalue weighted by molar-refractivity contribution is -0.120. The van der Waals surface area contributed by atoms with Crippen molar-refractivity contribution in [2.75, 3.05) is 0 Å². The van der Waals surface area contributed by atoms with E-state index in [0.717, 1.165) is 31.6 Å². The molecule has 2 atom stereocenters. The van der Waals surface area contributed by atoms with Gasteiger partial charge in [0.15, 0.2) is 0 Å². The van der Waals surface area contributed by atoms with Gasteiger partial charge in [-0.15, -0.1) is 0 Å². The fourth-order valence-corrected chi connectivity index (χ4v) is 3.02. The van der Waals surface area contributed by atoms with Crippen LogP contribution in [-0.4, -0.2) is 5.78 Å². The highest BCUT2D eigenvalue weighted by Crippen LogP contribution is 2.29. The molecular weight excluding hydrogens is 196 g/mol. The summed E-state index contributed by atoms with van der Waals surface area (Å²) in [6.45, 7) is 2.34. The molecule has 1 nitrogen and oxygen atoms in total. The highest BCUT2D eigenvalue weighted by atomic mass is 16.1. The van der Waals surface area contributed by atoms with Gasteiger partial charge >= 0.3 is 0 Å². The first-order valence-corrected chi connectivity index (χ1v) is 6.96. The standard InChI is InChI=1S/C15H24O/c1-12-8-10-13(11-9-12)4-2-5-14-6-3-7-15(14)16/h10,12,14H,2-9,11H2,1H3. The lowest BCUT2D eigenvalue weighted by Crippen LogP contribution is -2.06. The molecule has 2 aliphatic carbocycles. The van der Waals surface area contributed by atoms with E-state index in [1.807, 2.05) is 0 Å². The number of allylic oxidation sites excluding steroid dienone is 2. The first-order chi connectivity index (χ1) is 7.75. The van der Waals surface area contributed by atoms with Gasteiger partial charge < -0.3 is 0 Å². The molecule has 1 saturated carbocycles. The molecule has 0 spiro atoms. The van der Waals surface area contributed by atoms with Gasteiger partial charge in [-0.2, -0.15) is 0 Å². The number of ketones is 1. The second-order valence-electron chi connectivity index (χ2n) is 5.69. The Balaban J connectivity index is 1.66. The van der Waals surface area contributed by atoms with Crippen molar-refractivity contribution in [1.29, 1.82) is 0 Å². The zero-order valence-corrected chi connectivity index (χ0v) is 10.5. The van der Waals surface area contributed by atoms with Crippen molar-refractivity contribution in [3.63, 3.8) is 0 Å². The maximum Gasteiger partial charge on any atom is 0.135 e. The summed E-state index contributed by atoms with van der Waals surface area (Å²) in [5.74, 6) is 1.84. The molecule has 0 aromatic heterocycles. The smallest absolute Gasteiger partial charge is 0.135 e. The van der Waals surface area contributed by atoms with Crippen LogP contribution in [-0.2, 0) is 4.79 Å². The Morgan fingerprint density at radius 3 is 2.81 bits per heavy atom. The topological polar surface area (TPSA) is 17.1 Å². The van der Waals surface area contributed by atoms with Gasteiger partial charge in [0.25, 0.3) is 0 Å². The maximum atomic E-state index is 11.5. The quantitative estimate of drug-likeness (QED) is 0.646. The number of Topliss-reactive ketones (excluding diaryl/α,β-unsaturated/α-hetero) is 1. The van der Waals surface area contributed by atoms with Gasteiger partial charge in [0.05, 0.1) is 0 Å². The third kappa shape index (κ3) is 3.20. The predicted octanol–water partition coefficient (Wildman–Crippen LogP) is 4.27. The van der Waals surface area contributed by atoms with E-state index in [2.05, 4.69) is 13.0 Å². The number of hydrogen-bond acceptors (Lipinski definition) is 1. The summed E-state index contributed by atoms with van der Waals surface area (Å²) in [5, 5.41) is 0. The molecule has 0 aromatic carbocycles. The van der Waals surface area contributed by atoms with E-state index in [1.165, 1.54) is 32.1 Å². The van der Waals surface area contributed by atoms with Crippen molar-refractivity contribution >= 4 is 5.78 Å². The van der Waals surface area contributed by atoms with Gasteiger partial charge in [-0.05, 0) is 57.3 Å². The highest BCUT2D eigenvalue weighted by Gasteiger charge is 2.23. The molecule has 0 bridgehead atoms. The molecule has 1 heteroatoms. The third-order valence-corrected chi connectivity index (χ3v) is 4.25. The fraction of sp³-hybridized carbons (Fsp3) is 0.800. The monoisotopic (exact) mass is 220 g/mol. The van der Waals surface area contributed by atoms with E-state index in [-0.39, 0.29) is 0 Å². The van der Waals surface area contributed by atoms with Crippen LogP contribution in [0.1, 0.15) is 64.7 Å². The van der Waals surface area contributed by atoms with Gasteiger partial charge in [0, 0.05) is 12.3 Å². The van der Waals surface area contributed by atoms with Gasteiger partial charge in [-0.3, -0.25) is 4.79 Å². The molecular formula is C15H24O. The zero-order chi connectivity index (χ0) is 11.4. The first kappa shape index (κ1) is 11.9. The molecule has 2 rings (SSSR count). The number of carbonyl (C=O) groups excluding carboxylic acids is 1. The molecule has 0 radical (unpaired) electrons. The molecule has 0 heterocycles. The lowest BCUT2D eigenvalue weighted by atomic mass is 9.88. The summed E-state index contributed by atoms with van der Waals surface area (Å²) in [6.07, 6.45) is 13.2. The summed E-state index contributed by atoms with van der Waals surface area (Å²) in [6, 6.07) is 0. The maximum absolute atomic E-state index is 11.5. The molecule has 2 aliphatic rings. The molecule has 0 aromatic rings. The van der Waals surface area contributed by atoms with Crippen LogP contribution in [0.3, 0.4) is 0 Å². The average molecular weight is 220 g/mol. The Morgan fingerprint density at radius 2 is 2.19 bits per heavy atom. The van der Waals surface area contributed by atoms with Crippen molar-refractivity contribution in [1.82, 2.24) is 0 Å². The summed E-state index contributed by atoms with van der Waals surface area (Å²) < 4.78 is 0. The minimum absolute atomic E-state index is 0.420. The summed E-state index contributed by atoms with van der Waals surface area (Å²) in [4.78, 5) is 11.5. The van der Waals surface area contributed by atoms with Crippen LogP contribution in [0.4, 0.5) is 0 Å². The molecule has 0 N–H and O–H groups in total. The molecule has 0 aliphatic heterocycles. The first-order valence-electron chi connectivity index (χ1n) is 6.96. The number of hydrogen-bond donors (Lipinski definition) is 0. The SMILES string of the molecule is CC1CC=C(CCCC2CCCC2=O)CC1. The van der Waals surface area contributed by atoms with E-state index in [9.17, 15) is 4.79 Å². The second kappa shape index (κ2) is 5.65. The van der Waals surface area contributed by atoms with Crippen LogP contribution in [0.25, 0.3) is 0 Å². The van der Waals surface area contributed by atoms with Crippen molar-refractivity contribution in [3.05, 3.63) is 11.6 Å². The van der Waals surface area contributed by atoms with Crippen molar-refractivity contribution in [2.24, 2.45) is 11.8 Å². The minimum Gasteiger partial charge on any atom is -0.299 e. The van der Waals surface area contributed by atoms with Crippen molar-refractivity contribution in [2.45, 2.75) is 64.7 Å². The van der Waals surface area contributed by atoms with Crippen LogP contribution in [0.2, 0.25) is 0 Å². The van der Waals surface area contributed by atoms with Gasteiger partial charge in [0.2, 0.25) is 0 Å². The van der Waals surface area contributed by atoms with E-state index < -0.39 is 0 Å². The Morgan fingerprint density at radius 1 is 1.31 bits per heavy atom. The number of carbonyl (C=O) groups is 1. The van der Waals surface area contributed by atoms with E-state index >= 15 is 0 Å². The Labute approximate surface area is 99.3 Å². The molecule has 0 amide bonds. The lowest BCUT2D eigenvalue weighted by Gasteiger charge is -2.18. The number of rotatable bonds is 4. The Bertz CT molecular complexity index is 277. The van der Waals surface area contributed by atoms with Crippen LogP contribution in [0.15, 0.2) is 11.6 Å². The highest BCUT2D eigenvalue weighted by molar-refractivity contribution is 5.82. The summed E-state index contributed by atoms with van der Waals surface area (Å²) >= 11 is 0. The van der Waals surface area contributed by atoms with Crippen LogP contribution in [0, 0.1) is 11.8 Å².